The minimum atomic E-state index is -0.225. The van der Waals surface area contributed by atoms with Gasteiger partial charge in [0.15, 0.2) is 0 Å². The molecule has 2 aromatic carbocycles. The zero-order chi connectivity index (χ0) is 18.8. The predicted octanol–water partition coefficient (Wildman–Crippen LogP) is 4.27. The fourth-order valence-electron chi connectivity index (χ4n) is 3.19. The summed E-state index contributed by atoms with van der Waals surface area (Å²) in [5, 5.41) is 2.91. The van der Waals surface area contributed by atoms with Crippen LogP contribution in [0.25, 0.3) is 11.1 Å². The smallest absolute Gasteiger partial charge is 0.231 e. The van der Waals surface area contributed by atoms with E-state index in [9.17, 15) is 9.18 Å². The van der Waals surface area contributed by atoms with Gasteiger partial charge in [-0.25, -0.2) is 4.39 Å². The second-order valence-corrected chi connectivity index (χ2v) is 6.81. The Balaban J connectivity index is 1.36. The summed E-state index contributed by atoms with van der Waals surface area (Å²) in [4.78, 5) is 18.7. The number of aromatic nitrogens is 1. The van der Waals surface area contributed by atoms with Crippen LogP contribution in [0.4, 0.5) is 15.8 Å². The van der Waals surface area contributed by atoms with Crippen molar-refractivity contribution in [3.63, 3.8) is 0 Å². The summed E-state index contributed by atoms with van der Waals surface area (Å²) >= 11 is 0. The minimum absolute atomic E-state index is 0.0138. The van der Waals surface area contributed by atoms with Crippen LogP contribution in [0, 0.1) is 18.7 Å². The van der Waals surface area contributed by atoms with Crippen molar-refractivity contribution in [3.8, 4) is 11.1 Å². The second kappa shape index (κ2) is 7.19. The molecule has 1 saturated heterocycles. The topological polar surface area (TPSA) is 45.2 Å². The molecule has 1 N–H and O–H groups in total. The minimum Gasteiger partial charge on any atom is -0.370 e. The van der Waals surface area contributed by atoms with Crippen molar-refractivity contribution in [2.45, 2.75) is 6.92 Å². The van der Waals surface area contributed by atoms with Crippen LogP contribution in [0.15, 0.2) is 66.9 Å². The summed E-state index contributed by atoms with van der Waals surface area (Å²) < 4.78 is 13.9. The molecule has 1 fully saturated rings. The second-order valence-electron chi connectivity index (χ2n) is 6.81. The van der Waals surface area contributed by atoms with Crippen molar-refractivity contribution < 1.29 is 9.18 Å². The monoisotopic (exact) mass is 361 g/mol. The number of pyridine rings is 1. The van der Waals surface area contributed by atoms with Crippen LogP contribution in [0.2, 0.25) is 0 Å². The van der Waals surface area contributed by atoms with E-state index < -0.39 is 0 Å². The Hall–Kier alpha value is -3.21. The van der Waals surface area contributed by atoms with Crippen molar-refractivity contribution in [1.82, 2.24) is 4.98 Å². The first kappa shape index (κ1) is 17.2. The average Bonchev–Trinajstić information content (AvgIpc) is 2.64. The number of nitrogens with zero attached hydrogens (tertiary/aromatic N) is 2. The van der Waals surface area contributed by atoms with Gasteiger partial charge in [0.2, 0.25) is 5.91 Å². The third-order valence-corrected chi connectivity index (χ3v) is 4.85. The van der Waals surface area contributed by atoms with Gasteiger partial charge in [-0.15, -0.1) is 0 Å². The Morgan fingerprint density at radius 3 is 2.48 bits per heavy atom. The molecule has 0 atom stereocenters. The van der Waals surface area contributed by atoms with Gasteiger partial charge < -0.3 is 10.2 Å². The molecule has 5 heteroatoms. The van der Waals surface area contributed by atoms with Crippen LogP contribution in [0.3, 0.4) is 0 Å². The van der Waals surface area contributed by atoms with Crippen LogP contribution < -0.4 is 10.2 Å². The van der Waals surface area contributed by atoms with E-state index in [0.29, 0.717) is 18.7 Å². The molecule has 0 spiro atoms. The number of anilines is 2. The zero-order valence-corrected chi connectivity index (χ0v) is 15.0. The number of carbonyl (C=O) groups is 1. The molecule has 1 aliphatic rings. The summed E-state index contributed by atoms with van der Waals surface area (Å²) in [5.41, 5.74) is 4.12. The van der Waals surface area contributed by atoms with Crippen molar-refractivity contribution >= 4 is 17.3 Å². The number of benzene rings is 2. The number of nitrogens with one attached hydrogen (secondary N) is 1. The van der Waals surface area contributed by atoms with Gasteiger partial charge in [-0.3, -0.25) is 9.78 Å². The first-order chi connectivity index (χ1) is 13.1. The van der Waals surface area contributed by atoms with Crippen LogP contribution in [0.5, 0.6) is 0 Å². The third-order valence-electron chi connectivity index (χ3n) is 4.85. The summed E-state index contributed by atoms with van der Waals surface area (Å²) in [5.74, 6) is -0.256. The molecule has 0 radical (unpaired) electrons. The molecule has 4 nitrogen and oxygen atoms in total. The maximum absolute atomic E-state index is 13.9. The molecule has 0 saturated carbocycles. The number of amides is 1. The van der Waals surface area contributed by atoms with E-state index in [0.717, 1.165) is 22.6 Å². The van der Waals surface area contributed by atoms with E-state index in [4.69, 9.17) is 0 Å². The van der Waals surface area contributed by atoms with Crippen LogP contribution in [-0.4, -0.2) is 24.0 Å². The Labute approximate surface area is 157 Å². The first-order valence-corrected chi connectivity index (χ1v) is 8.93. The van der Waals surface area contributed by atoms with E-state index in [-0.39, 0.29) is 17.6 Å². The Kier molecular flexibility index (Phi) is 4.59. The molecule has 2 heterocycles. The van der Waals surface area contributed by atoms with Gasteiger partial charge in [0.1, 0.15) is 5.82 Å². The van der Waals surface area contributed by atoms with Gasteiger partial charge in [-0.05, 0) is 42.8 Å². The van der Waals surface area contributed by atoms with E-state index in [1.807, 2.05) is 49.4 Å². The fourth-order valence-corrected chi connectivity index (χ4v) is 3.19. The fraction of sp³-hybridized carbons (Fsp3) is 0.182. The van der Waals surface area contributed by atoms with Crippen LogP contribution in [0.1, 0.15) is 5.69 Å². The number of rotatable bonds is 4. The molecule has 0 aliphatic carbocycles. The normalized spacial score (nSPS) is 13.9. The summed E-state index contributed by atoms with van der Waals surface area (Å²) in [6.45, 7) is 3.25. The largest absolute Gasteiger partial charge is 0.370 e. The highest BCUT2D eigenvalue weighted by Gasteiger charge is 2.32. The first-order valence-electron chi connectivity index (χ1n) is 8.93. The summed E-state index contributed by atoms with van der Waals surface area (Å²) in [6.07, 6.45) is 1.67. The number of halogens is 1. The lowest BCUT2D eigenvalue weighted by molar-refractivity contribution is -0.120. The standard InChI is InChI=1S/C22H20FN3O/c1-15-6-9-18(12-24-15)25-22(27)17-13-26(14-17)19-10-7-16(8-11-19)20-4-2-3-5-21(20)23/h2-12,17H,13-14H2,1H3,(H,25,27). The lowest BCUT2D eigenvalue weighted by Crippen LogP contribution is -2.52. The van der Waals surface area contributed by atoms with E-state index >= 15 is 0 Å². The maximum Gasteiger partial charge on any atom is 0.231 e. The molecule has 0 unspecified atom stereocenters. The van der Waals surface area contributed by atoms with E-state index in [1.165, 1.54) is 6.07 Å². The SMILES string of the molecule is Cc1ccc(NC(=O)C2CN(c3ccc(-c4ccccc4F)cc3)C2)cn1. The molecule has 1 aliphatic heterocycles. The number of hydrogen-bond acceptors (Lipinski definition) is 3. The average molecular weight is 361 g/mol. The number of aryl methyl sites for hydroxylation is 1. The van der Waals surface area contributed by atoms with E-state index in [1.54, 1.807) is 18.3 Å². The molecule has 1 amide bonds. The van der Waals surface area contributed by atoms with Gasteiger partial charge in [0.05, 0.1) is 17.8 Å². The van der Waals surface area contributed by atoms with Gasteiger partial charge in [0.25, 0.3) is 0 Å². The quantitative estimate of drug-likeness (QED) is 0.755. The Morgan fingerprint density at radius 1 is 1.07 bits per heavy atom. The highest BCUT2D eigenvalue weighted by molar-refractivity contribution is 5.94. The van der Waals surface area contributed by atoms with Crippen molar-refractivity contribution in [3.05, 3.63) is 78.4 Å². The lowest BCUT2D eigenvalue weighted by Gasteiger charge is -2.40. The predicted molar refractivity (Wildman–Crippen MR) is 105 cm³/mol. The highest BCUT2D eigenvalue weighted by Crippen LogP contribution is 2.29. The van der Waals surface area contributed by atoms with Gasteiger partial charge in [-0.1, -0.05) is 30.3 Å². The number of carbonyl (C=O) groups excluding carboxylic acids is 1. The molecule has 0 bridgehead atoms. The van der Waals surface area contributed by atoms with E-state index in [2.05, 4.69) is 15.2 Å². The zero-order valence-electron chi connectivity index (χ0n) is 15.0. The lowest BCUT2D eigenvalue weighted by atomic mass is 9.97. The highest BCUT2D eigenvalue weighted by atomic mass is 19.1. The van der Waals surface area contributed by atoms with Gasteiger partial charge in [0, 0.05) is 30.0 Å². The Morgan fingerprint density at radius 2 is 1.81 bits per heavy atom. The van der Waals surface area contributed by atoms with Gasteiger partial charge in [-0.2, -0.15) is 0 Å². The molecule has 27 heavy (non-hydrogen) atoms. The molecule has 3 aromatic rings. The van der Waals surface area contributed by atoms with Crippen molar-refractivity contribution in [2.24, 2.45) is 5.92 Å². The molecular formula is C22H20FN3O. The van der Waals surface area contributed by atoms with Crippen molar-refractivity contribution in [1.29, 1.82) is 0 Å². The third kappa shape index (κ3) is 3.67. The molecular weight excluding hydrogens is 341 g/mol. The van der Waals surface area contributed by atoms with Crippen molar-refractivity contribution in [2.75, 3.05) is 23.3 Å². The summed E-state index contributed by atoms with van der Waals surface area (Å²) in [7, 11) is 0. The number of hydrogen-bond donors (Lipinski definition) is 1. The van der Waals surface area contributed by atoms with Gasteiger partial charge >= 0.3 is 0 Å². The molecule has 1 aromatic heterocycles. The van der Waals surface area contributed by atoms with Crippen LogP contribution >= 0.6 is 0 Å². The molecule has 136 valence electrons. The van der Waals surface area contributed by atoms with Crippen LogP contribution in [-0.2, 0) is 4.79 Å². The maximum atomic E-state index is 13.9. The molecule has 4 rings (SSSR count). The Bertz CT molecular complexity index is 948. The summed E-state index contributed by atoms with van der Waals surface area (Å²) in [6, 6.07) is 18.3.